The number of rotatable bonds is 3. The SMILES string of the molecule is CCn1c(-c2cn(CC)c3ccc(C)cc3c2=O)n[nH]c1=O. The Hall–Kier alpha value is -2.63. The van der Waals surface area contributed by atoms with Crippen LogP contribution in [0.4, 0.5) is 0 Å². The first-order valence-corrected chi connectivity index (χ1v) is 7.36. The van der Waals surface area contributed by atoms with E-state index in [0.29, 0.717) is 23.3 Å². The van der Waals surface area contributed by atoms with E-state index in [1.54, 1.807) is 6.20 Å². The van der Waals surface area contributed by atoms with Crippen LogP contribution >= 0.6 is 0 Å². The molecule has 0 aliphatic heterocycles. The maximum atomic E-state index is 12.8. The van der Waals surface area contributed by atoms with Crippen LogP contribution in [-0.2, 0) is 13.1 Å². The lowest BCUT2D eigenvalue weighted by Gasteiger charge is -2.12. The van der Waals surface area contributed by atoms with Crippen molar-refractivity contribution < 1.29 is 0 Å². The second kappa shape index (κ2) is 5.29. The average molecular weight is 298 g/mol. The second-order valence-electron chi connectivity index (χ2n) is 5.28. The molecule has 0 fully saturated rings. The van der Waals surface area contributed by atoms with Crippen LogP contribution in [0.5, 0.6) is 0 Å². The fourth-order valence-electron chi connectivity index (χ4n) is 2.75. The number of nitrogens with one attached hydrogen (secondary N) is 1. The van der Waals surface area contributed by atoms with Crippen LogP contribution in [-0.4, -0.2) is 19.3 Å². The van der Waals surface area contributed by atoms with E-state index in [9.17, 15) is 9.59 Å². The number of aromatic nitrogens is 4. The van der Waals surface area contributed by atoms with E-state index >= 15 is 0 Å². The number of aryl methyl sites for hydroxylation is 2. The molecule has 2 heterocycles. The van der Waals surface area contributed by atoms with Crippen molar-refractivity contribution in [2.24, 2.45) is 0 Å². The molecule has 3 rings (SSSR count). The highest BCUT2D eigenvalue weighted by Gasteiger charge is 2.16. The number of hydrogen-bond acceptors (Lipinski definition) is 3. The number of nitrogens with zero attached hydrogens (tertiary/aromatic N) is 3. The molecule has 0 bridgehead atoms. The van der Waals surface area contributed by atoms with Crippen molar-refractivity contribution >= 4 is 10.9 Å². The fraction of sp³-hybridized carbons (Fsp3) is 0.312. The van der Waals surface area contributed by atoms with Crippen molar-refractivity contribution in [1.29, 1.82) is 0 Å². The summed E-state index contributed by atoms with van der Waals surface area (Å²) >= 11 is 0. The van der Waals surface area contributed by atoms with Gasteiger partial charge in [0.2, 0.25) is 0 Å². The van der Waals surface area contributed by atoms with Gasteiger partial charge in [-0.3, -0.25) is 9.36 Å². The van der Waals surface area contributed by atoms with Crippen molar-refractivity contribution in [2.45, 2.75) is 33.9 Å². The quantitative estimate of drug-likeness (QED) is 0.802. The fourth-order valence-corrected chi connectivity index (χ4v) is 2.75. The van der Waals surface area contributed by atoms with Gasteiger partial charge < -0.3 is 4.57 Å². The van der Waals surface area contributed by atoms with Crippen LogP contribution in [0.25, 0.3) is 22.3 Å². The zero-order valence-electron chi connectivity index (χ0n) is 12.9. The zero-order chi connectivity index (χ0) is 15.9. The van der Waals surface area contributed by atoms with Crippen LogP contribution in [0, 0.1) is 6.92 Å². The summed E-state index contributed by atoms with van der Waals surface area (Å²) in [6, 6.07) is 5.83. The van der Waals surface area contributed by atoms with Crippen molar-refractivity contribution in [3.8, 4) is 11.4 Å². The molecular weight excluding hydrogens is 280 g/mol. The highest BCUT2D eigenvalue weighted by Crippen LogP contribution is 2.18. The first-order valence-electron chi connectivity index (χ1n) is 7.36. The van der Waals surface area contributed by atoms with Gasteiger partial charge in [-0.1, -0.05) is 11.6 Å². The van der Waals surface area contributed by atoms with E-state index in [-0.39, 0.29) is 11.1 Å². The maximum Gasteiger partial charge on any atom is 0.343 e. The third-order valence-electron chi connectivity index (χ3n) is 3.89. The Kier molecular flexibility index (Phi) is 3.44. The number of H-pyrrole nitrogens is 1. The van der Waals surface area contributed by atoms with Gasteiger partial charge in [-0.25, -0.2) is 9.89 Å². The largest absolute Gasteiger partial charge is 0.347 e. The summed E-state index contributed by atoms with van der Waals surface area (Å²) in [5.74, 6) is 0.392. The predicted molar refractivity (Wildman–Crippen MR) is 86.1 cm³/mol. The molecule has 1 aromatic carbocycles. The molecule has 0 saturated heterocycles. The molecule has 0 amide bonds. The van der Waals surface area contributed by atoms with E-state index < -0.39 is 0 Å². The Morgan fingerprint density at radius 1 is 1.18 bits per heavy atom. The van der Waals surface area contributed by atoms with Gasteiger partial charge in [0, 0.05) is 24.7 Å². The third kappa shape index (κ3) is 2.07. The van der Waals surface area contributed by atoms with Crippen LogP contribution in [0.3, 0.4) is 0 Å². The van der Waals surface area contributed by atoms with Gasteiger partial charge in [-0.2, -0.15) is 5.10 Å². The van der Waals surface area contributed by atoms with Crippen molar-refractivity contribution in [3.05, 3.63) is 50.7 Å². The molecule has 3 aromatic rings. The molecule has 0 spiro atoms. The molecule has 22 heavy (non-hydrogen) atoms. The molecule has 6 heteroatoms. The Labute approximate surface area is 127 Å². The first kappa shape index (κ1) is 14.3. The molecule has 114 valence electrons. The van der Waals surface area contributed by atoms with Gasteiger partial charge in [0.25, 0.3) is 0 Å². The van der Waals surface area contributed by atoms with Crippen molar-refractivity contribution in [2.75, 3.05) is 0 Å². The van der Waals surface area contributed by atoms with Crippen LogP contribution < -0.4 is 11.1 Å². The Balaban J connectivity index is 2.42. The minimum absolute atomic E-state index is 0.0999. The van der Waals surface area contributed by atoms with E-state index in [1.807, 2.05) is 43.5 Å². The summed E-state index contributed by atoms with van der Waals surface area (Å²) in [5.41, 5.74) is 1.96. The summed E-state index contributed by atoms with van der Waals surface area (Å²) in [6.07, 6.45) is 1.78. The van der Waals surface area contributed by atoms with Crippen molar-refractivity contribution in [3.63, 3.8) is 0 Å². The van der Waals surface area contributed by atoms with Crippen molar-refractivity contribution in [1.82, 2.24) is 19.3 Å². The van der Waals surface area contributed by atoms with Gasteiger partial charge >= 0.3 is 5.69 Å². The average Bonchev–Trinajstić information content (AvgIpc) is 2.89. The lowest BCUT2D eigenvalue weighted by molar-refractivity contribution is 0.732. The van der Waals surface area contributed by atoms with Crippen LogP contribution in [0.1, 0.15) is 19.4 Å². The normalized spacial score (nSPS) is 11.2. The van der Waals surface area contributed by atoms with E-state index in [2.05, 4.69) is 10.2 Å². The molecule has 0 radical (unpaired) electrons. The molecule has 0 aliphatic carbocycles. The smallest absolute Gasteiger partial charge is 0.343 e. The van der Waals surface area contributed by atoms with Gasteiger partial charge in [-0.15, -0.1) is 0 Å². The summed E-state index contributed by atoms with van der Waals surface area (Å²) in [6.45, 7) is 7.02. The number of fused-ring (bicyclic) bond motifs is 1. The third-order valence-corrected chi connectivity index (χ3v) is 3.89. The maximum absolute atomic E-state index is 12.8. The summed E-state index contributed by atoms with van der Waals surface area (Å²) in [7, 11) is 0. The molecule has 2 aromatic heterocycles. The second-order valence-corrected chi connectivity index (χ2v) is 5.28. The minimum atomic E-state index is -0.302. The number of aromatic amines is 1. The van der Waals surface area contributed by atoms with E-state index in [4.69, 9.17) is 0 Å². The Morgan fingerprint density at radius 2 is 1.95 bits per heavy atom. The van der Waals surface area contributed by atoms with Crippen LogP contribution in [0.2, 0.25) is 0 Å². The number of benzene rings is 1. The molecule has 0 atom stereocenters. The lowest BCUT2D eigenvalue weighted by Crippen LogP contribution is -2.19. The van der Waals surface area contributed by atoms with E-state index in [1.165, 1.54) is 4.57 Å². The summed E-state index contributed by atoms with van der Waals surface area (Å²) in [4.78, 5) is 24.6. The topological polar surface area (TPSA) is 72.7 Å². The van der Waals surface area contributed by atoms with E-state index in [0.717, 1.165) is 17.6 Å². The predicted octanol–water partition coefficient (Wildman–Crippen LogP) is 1.90. The van der Waals surface area contributed by atoms with Crippen LogP contribution in [0.15, 0.2) is 34.0 Å². The molecule has 0 unspecified atom stereocenters. The number of hydrogen-bond donors (Lipinski definition) is 1. The highest BCUT2D eigenvalue weighted by atomic mass is 16.1. The Bertz CT molecular complexity index is 962. The molecule has 0 aliphatic rings. The molecule has 0 saturated carbocycles. The summed E-state index contributed by atoms with van der Waals surface area (Å²) in [5, 5.41) is 7.10. The molecule has 1 N–H and O–H groups in total. The monoisotopic (exact) mass is 298 g/mol. The van der Waals surface area contributed by atoms with Gasteiger partial charge in [0.1, 0.15) is 0 Å². The lowest BCUT2D eigenvalue weighted by atomic mass is 10.1. The zero-order valence-corrected chi connectivity index (χ0v) is 12.9. The summed E-state index contributed by atoms with van der Waals surface area (Å²) < 4.78 is 3.48. The number of pyridine rings is 1. The Morgan fingerprint density at radius 3 is 2.64 bits per heavy atom. The van der Waals surface area contributed by atoms with Gasteiger partial charge in [0.05, 0.1) is 11.1 Å². The standard InChI is InChI=1S/C16H18N4O2/c1-4-19-9-12(15-17-18-16(22)20(15)5-2)14(21)11-8-10(3)6-7-13(11)19/h6-9H,4-5H2,1-3H3,(H,18,22). The first-order chi connectivity index (χ1) is 10.6. The van der Waals surface area contributed by atoms with Gasteiger partial charge in [0.15, 0.2) is 11.3 Å². The minimum Gasteiger partial charge on any atom is -0.347 e. The van der Waals surface area contributed by atoms with Gasteiger partial charge in [-0.05, 0) is 32.9 Å². The molecule has 6 nitrogen and oxygen atoms in total. The highest BCUT2D eigenvalue weighted by molar-refractivity contribution is 5.83. The molecular formula is C16H18N4O2.